The monoisotopic (exact) mass is 300 g/mol. The van der Waals surface area contributed by atoms with E-state index in [2.05, 4.69) is 6.92 Å². The van der Waals surface area contributed by atoms with E-state index in [9.17, 15) is 13.4 Å². The van der Waals surface area contributed by atoms with Crippen LogP contribution in [0, 0.1) is 5.82 Å². The molecule has 0 heterocycles. The van der Waals surface area contributed by atoms with Gasteiger partial charge in [-0.15, -0.1) is 0 Å². The average Bonchev–Trinajstić information content (AvgIpc) is 2.42. The van der Waals surface area contributed by atoms with Gasteiger partial charge in [-0.2, -0.15) is 0 Å². The lowest BCUT2D eigenvalue weighted by Gasteiger charge is -2.05. The summed E-state index contributed by atoms with van der Waals surface area (Å²) in [6.45, 7) is 2.15. The zero-order chi connectivity index (χ0) is 15.0. The topological polar surface area (TPSA) is 54.4 Å². The van der Waals surface area contributed by atoms with Gasteiger partial charge in [-0.05, 0) is 24.6 Å². The second-order valence-corrected chi connectivity index (χ2v) is 6.31. The van der Waals surface area contributed by atoms with E-state index < -0.39 is 22.6 Å². The minimum absolute atomic E-state index is 0.00143. The first-order valence-corrected chi connectivity index (χ1v) is 8.29. The Labute approximate surface area is 121 Å². The molecule has 1 rings (SSSR count). The van der Waals surface area contributed by atoms with Crippen LogP contribution >= 0.6 is 0 Å². The van der Waals surface area contributed by atoms with Crippen LogP contribution in [0.2, 0.25) is 0 Å². The lowest BCUT2D eigenvalue weighted by Crippen LogP contribution is -2.04. The van der Waals surface area contributed by atoms with Crippen molar-refractivity contribution >= 4 is 16.8 Å². The number of carboxylic acids is 1. The molecule has 0 amide bonds. The van der Waals surface area contributed by atoms with Crippen LogP contribution in [-0.4, -0.2) is 21.0 Å². The van der Waals surface area contributed by atoms with Crippen molar-refractivity contribution < 1.29 is 18.5 Å². The molecule has 20 heavy (non-hydrogen) atoms. The van der Waals surface area contributed by atoms with Gasteiger partial charge < -0.3 is 5.11 Å². The van der Waals surface area contributed by atoms with E-state index in [1.54, 1.807) is 0 Å². The predicted molar refractivity (Wildman–Crippen MR) is 78.0 cm³/mol. The Bertz CT molecular complexity index is 474. The van der Waals surface area contributed by atoms with Gasteiger partial charge in [0.15, 0.2) is 0 Å². The fraction of sp³-hybridized carbons (Fsp3) is 0.533. The Kier molecular flexibility index (Phi) is 7.44. The number of hydrogen-bond acceptors (Lipinski definition) is 2. The number of hydrogen-bond donors (Lipinski definition) is 1. The van der Waals surface area contributed by atoms with Gasteiger partial charge in [0.25, 0.3) is 0 Å². The highest BCUT2D eigenvalue weighted by molar-refractivity contribution is 7.85. The quantitative estimate of drug-likeness (QED) is 0.701. The zero-order valence-corrected chi connectivity index (χ0v) is 12.5. The highest BCUT2D eigenvalue weighted by Gasteiger charge is 2.13. The third-order valence-corrected chi connectivity index (χ3v) is 4.57. The van der Waals surface area contributed by atoms with Gasteiger partial charge in [-0.1, -0.05) is 39.0 Å². The molecule has 1 aromatic rings. The van der Waals surface area contributed by atoms with E-state index >= 15 is 0 Å². The van der Waals surface area contributed by atoms with Crippen molar-refractivity contribution in [3.63, 3.8) is 0 Å². The third kappa shape index (κ3) is 5.41. The Morgan fingerprint density at radius 3 is 2.50 bits per heavy atom. The van der Waals surface area contributed by atoms with Crippen molar-refractivity contribution in [3.05, 3.63) is 29.6 Å². The smallest absolute Gasteiger partial charge is 0.335 e. The Morgan fingerprint density at radius 2 is 1.85 bits per heavy atom. The first-order chi connectivity index (χ1) is 9.56. The fourth-order valence-corrected chi connectivity index (χ4v) is 3.16. The SMILES string of the molecule is CCCCCCCCS(=O)c1cc(C(=O)O)ccc1F. The van der Waals surface area contributed by atoms with Crippen LogP contribution in [-0.2, 0) is 10.8 Å². The molecule has 0 aliphatic carbocycles. The Hall–Kier alpha value is -1.23. The van der Waals surface area contributed by atoms with Crippen molar-refractivity contribution in [2.45, 2.75) is 50.3 Å². The molecule has 0 aromatic heterocycles. The van der Waals surface area contributed by atoms with E-state index in [1.807, 2.05) is 0 Å². The summed E-state index contributed by atoms with van der Waals surface area (Å²) in [5, 5.41) is 8.86. The van der Waals surface area contributed by atoms with Crippen molar-refractivity contribution in [2.24, 2.45) is 0 Å². The highest BCUT2D eigenvalue weighted by atomic mass is 32.2. The maximum Gasteiger partial charge on any atom is 0.335 e. The van der Waals surface area contributed by atoms with Crippen LogP contribution in [0.1, 0.15) is 55.8 Å². The lowest BCUT2D eigenvalue weighted by molar-refractivity contribution is 0.0696. The van der Waals surface area contributed by atoms with Crippen molar-refractivity contribution in [2.75, 3.05) is 5.75 Å². The molecule has 0 saturated heterocycles. The summed E-state index contributed by atoms with van der Waals surface area (Å²) < 4.78 is 25.6. The summed E-state index contributed by atoms with van der Waals surface area (Å²) in [5.74, 6) is -1.35. The molecule has 0 saturated carbocycles. The van der Waals surface area contributed by atoms with Crippen LogP contribution in [0.5, 0.6) is 0 Å². The van der Waals surface area contributed by atoms with E-state index in [4.69, 9.17) is 5.11 Å². The molecule has 1 aromatic carbocycles. The molecule has 0 fully saturated rings. The standard InChI is InChI=1S/C15H21FO3S/c1-2-3-4-5-6-7-10-20(19)14-11-12(15(17)18)8-9-13(14)16/h8-9,11H,2-7,10H2,1H3,(H,17,18). The number of carboxylic acid groups (broad SMARTS) is 1. The predicted octanol–water partition coefficient (Wildman–Crippen LogP) is 3.99. The highest BCUT2D eigenvalue weighted by Crippen LogP contribution is 2.17. The van der Waals surface area contributed by atoms with Gasteiger partial charge in [-0.3, -0.25) is 4.21 Å². The van der Waals surface area contributed by atoms with Gasteiger partial charge in [0, 0.05) is 5.75 Å². The molecule has 0 spiro atoms. The first kappa shape index (κ1) is 16.8. The number of halogens is 1. The second kappa shape index (κ2) is 8.84. The molecule has 1 atom stereocenters. The maximum absolute atomic E-state index is 13.6. The van der Waals surface area contributed by atoms with E-state index in [0.29, 0.717) is 5.75 Å². The Morgan fingerprint density at radius 1 is 1.20 bits per heavy atom. The largest absolute Gasteiger partial charge is 0.478 e. The second-order valence-electron chi connectivity index (χ2n) is 4.77. The van der Waals surface area contributed by atoms with Gasteiger partial charge in [0.2, 0.25) is 0 Å². The van der Waals surface area contributed by atoms with E-state index in [-0.39, 0.29) is 10.5 Å². The number of benzene rings is 1. The van der Waals surface area contributed by atoms with Crippen molar-refractivity contribution in [3.8, 4) is 0 Å². The number of aromatic carboxylic acids is 1. The minimum Gasteiger partial charge on any atom is -0.478 e. The normalized spacial score (nSPS) is 12.3. The van der Waals surface area contributed by atoms with Crippen LogP contribution in [0.15, 0.2) is 23.1 Å². The van der Waals surface area contributed by atoms with Gasteiger partial charge in [-0.25, -0.2) is 9.18 Å². The number of unbranched alkanes of at least 4 members (excludes halogenated alkanes) is 5. The third-order valence-electron chi connectivity index (χ3n) is 3.11. The maximum atomic E-state index is 13.6. The fourth-order valence-electron chi connectivity index (χ4n) is 1.93. The number of rotatable bonds is 9. The molecule has 5 heteroatoms. The van der Waals surface area contributed by atoms with E-state index in [1.165, 1.54) is 31.4 Å². The molecular weight excluding hydrogens is 279 g/mol. The molecule has 0 aliphatic heterocycles. The summed E-state index contributed by atoms with van der Waals surface area (Å²) in [4.78, 5) is 10.8. The van der Waals surface area contributed by atoms with Gasteiger partial charge in [0.05, 0.1) is 21.3 Å². The summed E-state index contributed by atoms with van der Waals surface area (Å²) in [5.41, 5.74) is -0.0299. The zero-order valence-electron chi connectivity index (χ0n) is 11.7. The van der Waals surface area contributed by atoms with Crippen LogP contribution < -0.4 is 0 Å². The van der Waals surface area contributed by atoms with Crippen LogP contribution in [0.4, 0.5) is 4.39 Å². The molecule has 112 valence electrons. The minimum atomic E-state index is -1.47. The molecule has 0 radical (unpaired) electrons. The molecule has 3 nitrogen and oxygen atoms in total. The molecular formula is C15H21FO3S. The van der Waals surface area contributed by atoms with Gasteiger partial charge >= 0.3 is 5.97 Å². The lowest BCUT2D eigenvalue weighted by atomic mass is 10.1. The van der Waals surface area contributed by atoms with E-state index in [0.717, 1.165) is 25.3 Å². The van der Waals surface area contributed by atoms with Crippen molar-refractivity contribution in [1.82, 2.24) is 0 Å². The molecule has 1 N–H and O–H groups in total. The van der Waals surface area contributed by atoms with Gasteiger partial charge in [0.1, 0.15) is 5.82 Å². The molecule has 0 bridgehead atoms. The molecule has 0 aliphatic rings. The van der Waals surface area contributed by atoms with Crippen molar-refractivity contribution in [1.29, 1.82) is 0 Å². The average molecular weight is 300 g/mol. The summed E-state index contributed by atoms with van der Waals surface area (Å²) in [7, 11) is -1.47. The molecule has 1 unspecified atom stereocenters. The summed E-state index contributed by atoms with van der Waals surface area (Å²) in [6, 6.07) is 3.42. The van der Waals surface area contributed by atoms with Crippen LogP contribution in [0.25, 0.3) is 0 Å². The summed E-state index contributed by atoms with van der Waals surface area (Å²) >= 11 is 0. The van der Waals surface area contributed by atoms with Crippen LogP contribution in [0.3, 0.4) is 0 Å². The summed E-state index contributed by atoms with van der Waals surface area (Å²) in [6.07, 6.45) is 6.41. The first-order valence-electron chi connectivity index (χ1n) is 6.97. The number of carbonyl (C=O) groups is 1. The Balaban J connectivity index is 2.50.